The molecule has 33 heavy (non-hydrogen) atoms. The van der Waals surface area contributed by atoms with Crippen LogP contribution in [0.1, 0.15) is 35.2 Å². The Morgan fingerprint density at radius 2 is 1.52 bits per heavy atom. The first-order valence-electron chi connectivity index (χ1n) is 10.5. The molecule has 1 aliphatic heterocycles. The van der Waals surface area contributed by atoms with E-state index in [9.17, 15) is 19.5 Å². The molecule has 2 N–H and O–H groups in total. The molecule has 1 atom stereocenters. The van der Waals surface area contributed by atoms with Crippen molar-refractivity contribution in [1.82, 2.24) is 4.98 Å². The summed E-state index contributed by atoms with van der Waals surface area (Å²) < 4.78 is 0. The molecule has 1 aromatic heterocycles. The summed E-state index contributed by atoms with van der Waals surface area (Å²) >= 11 is 0. The van der Waals surface area contributed by atoms with Crippen molar-refractivity contribution in [3.8, 4) is 0 Å². The van der Waals surface area contributed by atoms with E-state index in [-0.39, 0.29) is 17.8 Å². The molecule has 0 saturated carbocycles. The third-order valence-corrected chi connectivity index (χ3v) is 5.67. The van der Waals surface area contributed by atoms with Crippen molar-refractivity contribution >= 4 is 29.1 Å². The highest BCUT2D eigenvalue weighted by atomic mass is 16.4. The molecule has 7 heteroatoms. The number of rotatable bonds is 6. The number of aliphatic carboxylic acids is 1. The van der Waals surface area contributed by atoms with Gasteiger partial charge in [0.2, 0.25) is 0 Å². The zero-order valence-electron chi connectivity index (χ0n) is 17.9. The zero-order chi connectivity index (χ0) is 23.5. The number of aliphatic hydroxyl groups excluding tert-OH is 1. The summed E-state index contributed by atoms with van der Waals surface area (Å²) in [6.07, 6.45) is 3.68. The molecular weight excluding hydrogens is 420 g/mol. The van der Waals surface area contributed by atoms with Crippen LogP contribution in [0.25, 0.3) is 5.76 Å². The molecule has 2 heterocycles. The third kappa shape index (κ3) is 4.25. The van der Waals surface area contributed by atoms with E-state index in [1.807, 2.05) is 31.2 Å². The predicted molar refractivity (Wildman–Crippen MR) is 123 cm³/mol. The Morgan fingerprint density at radius 1 is 0.909 bits per heavy atom. The van der Waals surface area contributed by atoms with Crippen LogP contribution in [0, 0.1) is 0 Å². The summed E-state index contributed by atoms with van der Waals surface area (Å²) in [7, 11) is 0. The summed E-state index contributed by atoms with van der Waals surface area (Å²) in [6, 6.07) is 16.3. The summed E-state index contributed by atoms with van der Waals surface area (Å²) in [5.74, 6) is -2.79. The fourth-order valence-corrected chi connectivity index (χ4v) is 3.96. The number of carboxylic acid groups (broad SMARTS) is 1. The average Bonchev–Trinajstić information content (AvgIpc) is 3.10. The number of anilines is 1. The number of amides is 1. The molecular formula is C26H22N2O5. The van der Waals surface area contributed by atoms with E-state index in [2.05, 4.69) is 4.98 Å². The molecule has 0 aliphatic carbocycles. The number of carboxylic acids is 1. The maximum atomic E-state index is 13.1. The number of pyridine rings is 1. The van der Waals surface area contributed by atoms with E-state index in [0.29, 0.717) is 22.4 Å². The molecule has 4 rings (SSSR count). The van der Waals surface area contributed by atoms with Crippen molar-refractivity contribution in [2.24, 2.45) is 0 Å². The SMILES string of the molecule is CCc1ccc(C2/C(=C(/O)c3ccncc3)C(=O)C(=O)N2c2ccc(CC(=O)O)cc2)cc1. The summed E-state index contributed by atoms with van der Waals surface area (Å²) in [4.78, 5) is 42.6. The van der Waals surface area contributed by atoms with Gasteiger partial charge in [0.25, 0.3) is 11.7 Å². The zero-order valence-corrected chi connectivity index (χ0v) is 17.9. The van der Waals surface area contributed by atoms with Gasteiger partial charge in [-0.15, -0.1) is 0 Å². The van der Waals surface area contributed by atoms with Gasteiger partial charge in [-0.25, -0.2) is 0 Å². The van der Waals surface area contributed by atoms with Gasteiger partial charge in [0.05, 0.1) is 18.0 Å². The number of aliphatic hydroxyl groups is 1. The van der Waals surface area contributed by atoms with Gasteiger partial charge >= 0.3 is 5.97 Å². The third-order valence-electron chi connectivity index (χ3n) is 5.67. The fraction of sp³-hybridized carbons (Fsp3) is 0.154. The Hall–Kier alpha value is -4.26. The Morgan fingerprint density at radius 3 is 2.09 bits per heavy atom. The van der Waals surface area contributed by atoms with Gasteiger partial charge < -0.3 is 10.2 Å². The van der Waals surface area contributed by atoms with E-state index >= 15 is 0 Å². The Balaban J connectivity index is 1.86. The normalized spacial score (nSPS) is 17.4. The fourth-order valence-electron chi connectivity index (χ4n) is 3.96. The van der Waals surface area contributed by atoms with Gasteiger partial charge in [-0.2, -0.15) is 0 Å². The average molecular weight is 442 g/mol. The number of carbonyl (C=O) groups is 3. The number of benzene rings is 2. The van der Waals surface area contributed by atoms with Crippen LogP contribution in [0.2, 0.25) is 0 Å². The molecule has 0 radical (unpaired) electrons. The van der Waals surface area contributed by atoms with Crippen LogP contribution >= 0.6 is 0 Å². The maximum Gasteiger partial charge on any atom is 0.307 e. The van der Waals surface area contributed by atoms with E-state index in [4.69, 9.17) is 5.11 Å². The molecule has 7 nitrogen and oxygen atoms in total. The molecule has 2 aromatic carbocycles. The van der Waals surface area contributed by atoms with Gasteiger partial charge in [-0.05, 0) is 47.4 Å². The van der Waals surface area contributed by atoms with Crippen LogP contribution in [0.5, 0.6) is 0 Å². The highest BCUT2D eigenvalue weighted by Gasteiger charge is 2.46. The Labute approximate surface area is 190 Å². The van der Waals surface area contributed by atoms with Crippen LogP contribution < -0.4 is 4.90 Å². The molecule has 1 saturated heterocycles. The number of carbonyl (C=O) groups excluding carboxylic acids is 2. The number of nitrogens with zero attached hydrogens (tertiary/aromatic N) is 2. The second-order valence-corrected chi connectivity index (χ2v) is 7.74. The number of hydrogen-bond donors (Lipinski definition) is 2. The van der Waals surface area contributed by atoms with Gasteiger partial charge in [0, 0.05) is 23.6 Å². The lowest BCUT2D eigenvalue weighted by Crippen LogP contribution is -2.29. The lowest BCUT2D eigenvalue weighted by Gasteiger charge is -2.25. The van der Waals surface area contributed by atoms with Crippen LogP contribution in [-0.2, 0) is 27.2 Å². The minimum Gasteiger partial charge on any atom is -0.507 e. The number of ketones is 1. The number of Topliss-reactive ketones (excluding diaryl/α,β-unsaturated/α-hetero) is 1. The summed E-state index contributed by atoms with van der Waals surface area (Å²) in [5.41, 5.74) is 3.16. The lowest BCUT2D eigenvalue weighted by molar-refractivity contribution is -0.136. The lowest BCUT2D eigenvalue weighted by atomic mass is 9.94. The van der Waals surface area contributed by atoms with Gasteiger partial charge in [0.15, 0.2) is 0 Å². The van der Waals surface area contributed by atoms with E-state index in [1.165, 1.54) is 17.3 Å². The van der Waals surface area contributed by atoms with Crippen LogP contribution in [0.15, 0.2) is 78.6 Å². The first kappa shape index (κ1) is 22.0. The smallest absolute Gasteiger partial charge is 0.307 e. The van der Waals surface area contributed by atoms with Crippen LogP contribution in [-0.4, -0.2) is 32.9 Å². The van der Waals surface area contributed by atoms with Crippen molar-refractivity contribution in [2.75, 3.05) is 4.90 Å². The second-order valence-electron chi connectivity index (χ2n) is 7.74. The molecule has 0 bridgehead atoms. The first-order chi connectivity index (χ1) is 15.9. The molecule has 1 unspecified atom stereocenters. The van der Waals surface area contributed by atoms with E-state index in [0.717, 1.165) is 12.0 Å². The standard InChI is InChI=1S/C26H22N2O5/c1-2-16-3-7-18(8-4-16)23-22(24(31)19-11-13-27-14-12-19)25(32)26(33)28(23)20-9-5-17(6-10-20)15-21(29)30/h3-14,23,31H,2,15H2,1H3,(H,29,30)/b24-22-. The predicted octanol–water partition coefficient (Wildman–Crippen LogP) is 3.90. The molecule has 1 fully saturated rings. The van der Waals surface area contributed by atoms with Crippen molar-refractivity contribution < 1.29 is 24.6 Å². The largest absolute Gasteiger partial charge is 0.507 e. The van der Waals surface area contributed by atoms with Crippen molar-refractivity contribution in [3.63, 3.8) is 0 Å². The van der Waals surface area contributed by atoms with E-state index < -0.39 is 23.7 Å². The Bertz CT molecular complexity index is 1230. The van der Waals surface area contributed by atoms with Gasteiger partial charge in [0.1, 0.15) is 5.76 Å². The van der Waals surface area contributed by atoms with Gasteiger partial charge in [-0.3, -0.25) is 24.3 Å². The molecule has 0 spiro atoms. The monoisotopic (exact) mass is 442 g/mol. The maximum absolute atomic E-state index is 13.1. The number of aryl methyl sites for hydroxylation is 1. The number of aromatic nitrogens is 1. The minimum absolute atomic E-state index is 0.00920. The summed E-state index contributed by atoms with van der Waals surface area (Å²) in [5, 5.41) is 20.1. The minimum atomic E-state index is -0.962. The second kappa shape index (κ2) is 9.08. The van der Waals surface area contributed by atoms with Crippen molar-refractivity contribution in [1.29, 1.82) is 0 Å². The van der Waals surface area contributed by atoms with Crippen molar-refractivity contribution in [2.45, 2.75) is 25.8 Å². The highest BCUT2D eigenvalue weighted by molar-refractivity contribution is 6.51. The van der Waals surface area contributed by atoms with Crippen molar-refractivity contribution in [3.05, 3.63) is 101 Å². The number of hydrogen-bond acceptors (Lipinski definition) is 5. The van der Waals surface area contributed by atoms with E-state index in [1.54, 1.807) is 36.4 Å². The molecule has 1 amide bonds. The van der Waals surface area contributed by atoms with Crippen LogP contribution in [0.4, 0.5) is 5.69 Å². The topological polar surface area (TPSA) is 108 Å². The molecule has 166 valence electrons. The van der Waals surface area contributed by atoms with Crippen LogP contribution in [0.3, 0.4) is 0 Å². The highest BCUT2D eigenvalue weighted by Crippen LogP contribution is 2.42. The Kier molecular flexibility index (Phi) is 6.04. The van der Waals surface area contributed by atoms with Gasteiger partial charge in [-0.1, -0.05) is 43.3 Å². The quantitative estimate of drug-likeness (QED) is 0.341. The summed E-state index contributed by atoms with van der Waals surface area (Å²) in [6.45, 7) is 2.03. The molecule has 3 aromatic rings. The first-order valence-corrected chi connectivity index (χ1v) is 10.5. The molecule has 1 aliphatic rings.